The summed E-state index contributed by atoms with van der Waals surface area (Å²) in [6.07, 6.45) is 16.5. The van der Waals surface area contributed by atoms with Crippen LogP contribution in [0.5, 0.6) is 5.75 Å². The zero-order valence-electron chi connectivity index (χ0n) is 17.9. The number of benzene rings is 1. The lowest BCUT2D eigenvalue weighted by molar-refractivity contribution is 0.393. The first kappa shape index (κ1) is 25.2. The Labute approximate surface area is 193 Å². The van der Waals surface area contributed by atoms with Gasteiger partial charge in [0.2, 0.25) is 7.43 Å². The third-order valence-electron chi connectivity index (χ3n) is 3.99. The second kappa shape index (κ2) is 11.6. The highest BCUT2D eigenvalue weighted by Gasteiger charge is 2.41. The van der Waals surface area contributed by atoms with Gasteiger partial charge < -0.3 is 13.6 Å². The lowest BCUT2D eigenvalue weighted by Crippen LogP contribution is -1.98. The molecule has 0 saturated carbocycles. The van der Waals surface area contributed by atoms with Crippen molar-refractivity contribution in [1.29, 1.82) is 0 Å². The number of para-hydroxylation sites is 1. The second-order valence-electron chi connectivity index (χ2n) is 6.46. The molecule has 6 nitrogen and oxygen atoms in total. The van der Waals surface area contributed by atoms with Crippen LogP contribution >= 0.6 is 22.9 Å². The van der Waals surface area contributed by atoms with Crippen molar-refractivity contribution in [1.82, 2.24) is 0 Å². The average Bonchev–Trinajstić information content (AvgIpc) is 3.04. The SMILES string of the molecule is C=C/C=C\C=C/COP1(CC)=NP(F)(Oc2ccccc2)=NP(F)(OC2=CC=C=CC=C2)=N1. The van der Waals surface area contributed by atoms with Gasteiger partial charge in [-0.25, -0.2) is 0 Å². The fourth-order valence-corrected chi connectivity index (χ4v) is 11.1. The molecule has 33 heavy (non-hydrogen) atoms. The van der Waals surface area contributed by atoms with E-state index in [1.807, 2.05) is 0 Å². The molecule has 0 aromatic heterocycles. The predicted octanol–water partition coefficient (Wildman–Crippen LogP) is 9.46. The first-order valence-electron chi connectivity index (χ1n) is 10.0. The smallest absolute Gasteiger partial charge is 0.419 e. The monoisotopic (exact) mass is 509 g/mol. The third kappa shape index (κ3) is 7.54. The van der Waals surface area contributed by atoms with Crippen LogP contribution in [0.25, 0.3) is 0 Å². The van der Waals surface area contributed by atoms with Gasteiger partial charge in [0.15, 0.2) is 0 Å². The van der Waals surface area contributed by atoms with E-state index < -0.39 is 22.9 Å². The van der Waals surface area contributed by atoms with E-state index in [0.717, 1.165) is 0 Å². The van der Waals surface area contributed by atoms with Crippen LogP contribution in [0.2, 0.25) is 0 Å². The molecular weight excluding hydrogens is 485 g/mol. The Morgan fingerprint density at radius 1 is 1.00 bits per heavy atom. The Morgan fingerprint density at radius 2 is 1.79 bits per heavy atom. The molecule has 3 unspecified atom stereocenters. The van der Waals surface area contributed by atoms with Gasteiger partial charge in [-0.2, -0.15) is 9.03 Å². The summed E-state index contributed by atoms with van der Waals surface area (Å²) in [5.74, 6) is 0.315. The van der Waals surface area contributed by atoms with Crippen LogP contribution in [0.15, 0.2) is 123 Å². The highest BCUT2D eigenvalue weighted by atomic mass is 31.3. The predicted molar refractivity (Wildman–Crippen MR) is 133 cm³/mol. The number of rotatable bonds is 10. The van der Waals surface area contributed by atoms with Crippen molar-refractivity contribution in [2.24, 2.45) is 13.5 Å². The van der Waals surface area contributed by atoms with Gasteiger partial charge in [0.05, 0.1) is 6.61 Å². The Hall–Kier alpha value is -2.45. The zero-order chi connectivity index (χ0) is 23.6. The van der Waals surface area contributed by atoms with E-state index >= 15 is 8.39 Å². The molecule has 0 bridgehead atoms. The zero-order valence-corrected chi connectivity index (χ0v) is 20.6. The molecule has 0 amide bonds. The molecular formula is C22H24F2N3O3P3. The molecule has 1 aromatic rings. The lowest BCUT2D eigenvalue weighted by atomic mass is 10.3. The van der Waals surface area contributed by atoms with Crippen molar-refractivity contribution in [2.45, 2.75) is 6.92 Å². The molecule has 1 aliphatic carbocycles. The normalized spacial score (nSPS) is 28.5. The molecule has 0 radical (unpaired) electrons. The molecule has 174 valence electrons. The van der Waals surface area contributed by atoms with Crippen molar-refractivity contribution in [3.63, 3.8) is 0 Å². The van der Waals surface area contributed by atoms with E-state index in [-0.39, 0.29) is 24.3 Å². The van der Waals surface area contributed by atoms with Crippen LogP contribution in [0.3, 0.4) is 0 Å². The van der Waals surface area contributed by atoms with Crippen LogP contribution in [-0.4, -0.2) is 12.8 Å². The largest absolute Gasteiger partial charge is 0.440 e. The van der Waals surface area contributed by atoms with Crippen molar-refractivity contribution in [3.8, 4) is 5.75 Å². The third-order valence-corrected chi connectivity index (χ3v) is 12.0. The van der Waals surface area contributed by atoms with Crippen LogP contribution in [0.4, 0.5) is 8.39 Å². The summed E-state index contributed by atoms with van der Waals surface area (Å²) in [6.45, 7) is 5.35. The first-order valence-corrected chi connectivity index (χ1v) is 14.8. The van der Waals surface area contributed by atoms with Crippen LogP contribution in [0, 0.1) is 0 Å². The Bertz CT molecular complexity index is 1230. The molecule has 0 N–H and O–H groups in total. The van der Waals surface area contributed by atoms with E-state index in [1.165, 1.54) is 12.2 Å². The topological polar surface area (TPSA) is 64.8 Å². The van der Waals surface area contributed by atoms with E-state index in [0.29, 0.717) is 0 Å². The number of halogens is 2. The minimum absolute atomic E-state index is 0.0523. The molecule has 1 heterocycles. The van der Waals surface area contributed by atoms with Gasteiger partial charge in [0, 0.05) is 6.16 Å². The Morgan fingerprint density at radius 3 is 2.55 bits per heavy atom. The summed E-state index contributed by atoms with van der Waals surface area (Å²) >= 11 is 0. The fourth-order valence-electron chi connectivity index (χ4n) is 2.57. The summed E-state index contributed by atoms with van der Waals surface area (Å²) in [5, 5.41) is 0. The van der Waals surface area contributed by atoms with E-state index in [4.69, 9.17) is 13.6 Å². The molecule has 0 fully saturated rings. The first-order chi connectivity index (χ1) is 15.9. The van der Waals surface area contributed by atoms with Gasteiger partial charge in [0.1, 0.15) is 11.5 Å². The summed E-state index contributed by atoms with van der Waals surface area (Å²) in [6, 6.07) is 8.19. The quantitative estimate of drug-likeness (QED) is 0.179. The van der Waals surface area contributed by atoms with Gasteiger partial charge >= 0.3 is 15.5 Å². The molecule has 0 saturated heterocycles. The standard InChI is InChI=1S/C22H24F2N3O3P3/c1-3-5-6-9-15-20-28-31(4-2)25-32(23,29-21-16-11-7-8-12-17-21)27-33(24,26-31)30-22-18-13-10-14-19-22/h3,5-7,9-19H,1,4,20H2,2H3/b6-5-,15-9-. The molecule has 11 heteroatoms. The molecule has 3 rings (SSSR count). The number of allylic oxidation sites excluding steroid dienone is 8. The summed E-state index contributed by atoms with van der Waals surface area (Å²) in [7, 11) is -12.3. The Kier molecular flexibility index (Phi) is 8.86. The molecule has 0 spiro atoms. The van der Waals surface area contributed by atoms with Crippen LogP contribution < -0.4 is 4.52 Å². The van der Waals surface area contributed by atoms with Crippen molar-refractivity contribution in [3.05, 3.63) is 109 Å². The minimum atomic E-state index is -4.52. The van der Waals surface area contributed by atoms with E-state index in [1.54, 1.807) is 85.9 Å². The summed E-state index contributed by atoms with van der Waals surface area (Å²) in [5.41, 5.74) is 2.84. The minimum Gasteiger partial charge on any atom is -0.419 e. The fraction of sp³-hybridized carbons (Fsp3) is 0.136. The summed E-state index contributed by atoms with van der Waals surface area (Å²) in [4.78, 5) is 0. The van der Waals surface area contributed by atoms with Crippen molar-refractivity contribution >= 4 is 22.9 Å². The second-order valence-corrected chi connectivity index (χ2v) is 13.1. The maximum absolute atomic E-state index is 16.0. The highest BCUT2D eigenvalue weighted by molar-refractivity contribution is 7.79. The van der Waals surface area contributed by atoms with Crippen molar-refractivity contribution < 1.29 is 22.0 Å². The van der Waals surface area contributed by atoms with E-state index in [9.17, 15) is 0 Å². The average molecular weight is 509 g/mol. The van der Waals surface area contributed by atoms with Crippen molar-refractivity contribution in [2.75, 3.05) is 12.8 Å². The van der Waals surface area contributed by atoms with Gasteiger partial charge in [-0.15, -0.1) is 18.6 Å². The maximum atomic E-state index is 16.0. The number of nitrogens with zero attached hydrogens (tertiary/aromatic N) is 3. The molecule has 2 aliphatic rings. The Balaban J connectivity index is 2.02. The van der Waals surface area contributed by atoms with Gasteiger partial charge in [-0.05, 0) is 36.4 Å². The lowest BCUT2D eigenvalue weighted by Gasteiger charge is -2.27. The molecule has 1 aliphatic heterocycles. The van der Waals surface area contributed by atoms with Crippen LogP contribution in [0.1, 0.15) is 6.92 Å². The van der Waals surface area contributed by atoms with Gasteiger partial charge in [-0.3, -0.25) is 0 Å². The van der Waals surface area contributed by atoms with Crippen LogP contribution in [-0.2, 0) is 9.05 Å². The molecule has 3 atom stereocenters. The summed E-state index contributed by atoms with van der Waals surface area (Å²) < 4.78 is 60.9. The number of hydrogen-bond acceptors (Lipinski definition) is 6. The number of hydrogen-bond donors (Lipinski definition) is 0. The molecule has 1 aromatic carbocycles. The maximum Gasteiger partial charge on any atom is 0.440 e. The highest BCUT2D eigenvalue weighted by Crippen LogP contribution is 2.80. The van der Waals surface area contributed by atoms with Gasteiger partial charge in [0.25, 0.3) is 0 Å². The van der Waals surface area contributed by atoms with Gasteiger partial charge in [-0.1, -0.05) is 68.2 Å². The van der Waals surface area contributed by atoms with E-state index in [2.05, 4.69) is 25.9 Å².